The van der Waals surface area contributed by atoms with Crippen molar-refractivity contribution in [1.29, 1.82) is 0 Å². The number of hydrogen-bond acceptors (Lipinski definition) is 4. The average Bonchev–Trinajstić information content (AvgIpc) is 2.46. The van der Waals surface area contributed by atoms with E-state index in [4.69, 9.17) is 5.84 Å². The van der Waals surface area contributed by atoms with Gasteiger partial charge in [0.05, 0.1) is 0 Å². The Labute approximate surface area is 121 Å². The van der Waals surface area contributed by atoms with E-state index in [1.54, 1.807) is 18.3 Å². The second kappa shape index (κ2) is 7.85. The second-order valence-electron chi connectivity index (χ2n) is 5.40. The molecular formula is C15H26N4O. The van der Waals surface area contributed by atoms with Crippen molar-refractivity contribution in [3.63, 3.8) is 0 Å². The number of pyridine rings is 1. The Morgan fingerprint density at radius 1 is 1.40 bits per heavy atom. The van der Waals surface area contributed by atoms with Crippen LogP contribution in [0.15, 0.2) is 18.3 Å². The number of hydrogen-bond donors (Lipinski definition) is 2. The SMILES string of the molecule is CCC(CC)N(CC(C)C)C(=O)c1ccnc(NN)c1. The number of nitrogen functional groups attached to an aromatic ring is 1. The lowest BCUT2D eigenvalue weighted by molar-refractivity contribution is 0.0640. The van der Waals surface area contributed by atoms with Crippen molar-refractivity contribution in [3.05, 3.63) is 23.9 Å². The number of amides is 1. The average molecular weight is 278 g/mol. The molecule has 1 heterocycles. The molecule has 0 saturated carbocycles. The minimum atomic E-state index is 0.0475. The highest BCUT2D eigenvalue weighted by molar-refractivity contribution is 5.95. The zero-order valence-electron chi connectivity index (χ0n) is 12.9. The molecule has 1 aromatic heterocycles. The van der Waals surface area contributed by atoms with Crippen LogP contribution >= 0.6 is 0 Å². The number of nitrogens with zero attached hydrogens (tertiary/aromatic N) is 2. The number of anilines is 1. The van der Waals surface area contributed by atoms with Gasteiger partial charge in [-0.25, -0.2) is 10.8 Å². The highest BCUT2D eigenvalue weighted by Gasteiger charge is 2.23. The molecule has 20 heavy (non-hydrogen) atoms. The predicted molar refractivity (Wildman–Crippen MR) is 82.3 cm³/mol. The fourth-order valence-corrected chi connectivity index (χ4v) is 2.33. The van der Waals surface area contributed by atoms with Crippen LogP contribution in [0, 0.1) is 5.92 Å². The van der Waals surface area contributed by atoms with Crippen LogP contribution < -0.4 is 11.3 Å². The molecule has 0 fully saturated rings. The second-order valence-corrected chi connectivity index (χ2v) is 5.40. The summed E-state index contributed by atoms with van der Waals surface area (Å²) >= 11 is 0. The Bertz CT molecular complexity index is 430. The maximum Gasteiger partial charge on any atom is 0.254 e. The molecule has 112 valence electrons. The highest BCUT2D eigenvalue weighted by atomic mass is 16.2. The van der Waals surface area contributed by atoms with Crippen LogP contribution in [0.2, 0.25) is 0 Å². The first-order valence-corrected chi connectivity index (χ1v) is 7.27. The minimum absolute atomic E-state index is 0.0475. The van der Waals surface area contributed by atoms with Gasteiger partial charge >= 0.3 is 0 Å². The zero-order valence-corrected chi connectivity index (χ0v) is 12.9. The first kappa shape index (κ1) is 16.4. The predicted octanol–water partition coefficient (Wildman–Crippen LogP) is 2.65. The van der Waals surface area contributed by atoms with E-state index in [0.29, 0.717) is 17.3 Å². The van der Waals surface area contributed by atoms with E-state index >= 15 is 0 Å². The molecule has 0 aliphatic heterocycles. The largest absolute Gasteiger partial charge is 0.335 e. The Morgan fingerprint density at radius 2 is 2.05 bits per heavy atom. The van der Waals surface area contributed by atoms with E-state index in [1.807, 2.05) is 4.90 Å². The molecule has 5 heteroatoms. The van der Waals surface area contributed by atoms with Crippen molar-refractivity contribution in [2.24, 2.45) is 11.8 Å². The molecule has 1 rings (SSSR count). The molecule has 0 aliphatic rings. The van der Waals surface area contributed by atoms with Crippen molar-refractivity contribution in [1.82, 2.24) is 9.88 Å². The summed E-state index contributed by atoms with van der Waals surface area (Å²) in [6.07, 6.45) is 3.52. The fourth-order valence-electron chi connectivity index (χ4n) is 2.33. The molecular weight excluding hydrogens is 252 g/mol. The van der Waals surface area contributed by atoms with E-state index in [9.17, 15) is 4.79 Å². The number of carbonyl (C=O) groups is 1. The van der Waals surface area contributed by atoms with E-state index in [-0.39, 0.29) is 11.9 Å². The Kier molecular flexibility index (Phi) is 6.45. The van der Waals surface area contributed by atoms with Gasteiger partial charge in [0.1, 0.15) is 5.82 Å². The van der Waals surface area contributed by atoms with Gasteiger partial charge in [-0.15, -0.1) is 0 Å². The van der Waals surface area contributed by atoms with Crippen LogP contribution in [-0.4, -0.2) is 28.4 Å². The monoisotopic (exact) mass is 278 g/mol. The Morgan fingerprint density at radius 3 is 2.55 bits per heavy atom. The van der Waals surface area contributed by atoms with Crippen LogP contribution in [-0.2, 0) is 0 Å². The number of nitrogens with one attached hydrogen (secondary N) is 1. The summed E-state index contributed by atoms with van der Waals surface area (Å²) in [6.45, 7) is 9.26. The van der Waals surface area contributed by atoms with Gasteiger partial charge in [0.25, 0.3) is 5.91 Å². The van der Waals surface area contributed by atoms with Crippen molar-refractivity contribution < 1.29 is 4.79 Å². The van der Waals surface area contributed by atoms with Crippen molar-refractivity contribution in [3.8, 4) is 0 Å². The van der Waals surface area contributed by atoms with E-state index in [2.05, 4.69) is 38.1 Å². The lowest BCUT2D eigenvalue weighted by Gasteiger charge is -2.32. The van der Waals surface area contributed by atoms with Crippen molar-refractivity contribution in [2.45, 2.75) is 46.6 Å². The maximum atomic E-state index is 12.7. The van der Waals surface area contributed by atoms with Gasteiger partial charge in [0.2, 0.25) is 0 Å². The van der Waals surface area contributed by atoms with Crippen LogP contribution in [0.25, 0.3) is 0 Å². The first-order chi connectivity index (χ1) is 9.53. The van der Waals surface area contributed by atoms with E-state index in [1.165, 1.54) is 0 Å². The maximum absolute atomic E-state index is 12.7. The number of hydrazine groups is 1. The third-order valence-electron chi connectivity index (χ3n) is 3.36. The molecule has 1 amide bonds. The molecule has 0 saturated heterocycles. The third-order valence-corrected chi connectivity index (χ3v) is 3.36. The molecule has 0 spiro atoms. The molecule has 3 N–H and O–H groups in total. The summed E-state index contributed by atoms with van der Waals surface area (Å²) in [5.74, 6) is 6.34. The molecule has 0 radical (unpaired) electrons. The topological polar surface area (TPSA) is 71.2 Å². The molecule has 0 atom stereocenters. The van der Waals surface area contributed by atoms with Crippen molar-refractivity contribution >= 4 is 11.7 Å². The molecule has 0 unspecified atom stereocenters. The smallest absolute Gasteiger partial charge is 0.254 e. The fraction of sp³-hybridized carbons (Fsp3) is 0.600. The van der Waals surface area contributed by atoms with Gasteiger partial charge in [-0.2, -0.15) is 0 Å². The molecule has 0 bridgehead atoms. The van der Waals surface area contributed by atoms with Gasteiger partial charge in [0.15, 0.2) is 0 Å². The van der Waals surface area contributed by atoms with E-state index in [0.717, 1.165) is 19.4 Å². The highest BCUT2D eigenvalue weighted by Crippen LogP contribution is 2.17. The first-order valence-electron chi connectivity index (χ1n) is 7.27. The van der Waals surface area contributed by atoms with Crippen LogP contribution in [0.4, 0.5) is 5.82 Å². The summed E-state index contributed by atoms with van der Waals surface area (Å²) in [4.78, 5) is 18.7. The van der Waals surface area contributed by atoms with Gasteiger partial charge < -0.3 is 10.3 Å². The Hall–Kier alpha value is -1.62. The summed E-state index contributed by atoms with van der Waals surface area (Å²) in [5, 5.41) is 0. The lowest BCUT2D eigenvalue weighted by Crippen LogP contribution is -2.42. The summed E-state index contributed by atoms with van der Waals surface area (Å²) in [7, 11) is 0. The number of carbonyl (C=O) groups excluding carboxylic acids is 1. The van der Waals surface area contributed by atoms with Crippen LogP contribution in [0.5, 0.6) is 0 Å². The lowest BCUT2D eigenvalue weighted by atomic mass is 10.1. The molecule has 0 aromatic carbocycles. The van der Waals surface area contributed by atoms with Crippen LogP contribution in [0.3, 0.4) is 0 Å². The Balaban J connectivity index is 3.02. The molecule has 0 aliphatic carbocycles. The summed E-state index contributed by atoms with van der Waals surface area (Å²) < 4.78 is 0. The standard InChI is InChI=1S/C15H26N4O/c1-5-13(6-2)19(10-11(3)4)15(20)12-7-8-17-14(9-12)18-16/h7-9,11,13H,5-6,10,16H2,1-4H3,(H,17,18). The quantitative estimate of drug-likeness (QED) is 0.594. The normalized spacial score (nSPS) is 10.9. The molecule has 1 aromatic rings. The minimum Gasteiger partial charge on any atom is -0.335 e. The summed E-state index contributed by atoms with van der Waals surface area (Å²) in [5.41, 5.74) is 3.10. The number of aromatic nitrogens is 1. The zero-order chi connectivity index (χ0) is 15.1. The number of rotatable bonds is 7. The van der Waals surface area contributed by atoms with Gasteiger partial charge in [0, 0.05) is 24.3 Å². The molecule has 5 nitrogen and oxygen atoms in total. The van der Waals surface area contributed by atoms with Gasteiger partial charge in [-0.1, -0.05) is 27.7 Å². The van der Waals surface area contributed by atoms with E-state index < -0.39 is 0 Å². The van der Waals surface area contributed by atoms with Crippen molar-refractivity contribution in [2.75, 3.05) is 12.0 Å². The number of nitrogens with two attached hydrogens (primary N) is 1. The van der Waals surface area contributed by atoms with Crippen LogP contribution in [0.1, 0.15) is 50.9 Å². The third kappa shape index (κ3) is 4.20. The van der Waals surface area contributed by atoms with Gasteiger partial charge in [-0.3, -0.25) is 4.79 Å². The summed E-state index contributed by atoms with van der Waals surface area (Å²) in [6, 6.07) is 3.70. The van der Waals surface area contributed by atoms with Gasteiger partial charge in [-0.05, 0) is 30.9 Å².